The maximum absolute atomic E-state index is 12.0. The summed E-state index contributed by atoms with van der Waals surface area (Å²) in [5.74, 6) is 0.0966. The van der Waals surface area contributed by atoms with Crippen LogP contribution in [0.5, 0.6) is 0 Å². The van der Waals surface area contributed by atoms with E-state index in [-0.39, 0.29) is 17.9 Å². The van der Waals surface area contributed by atoms with Gasteiger partial charge in [-0.3, -0.25) is 9.89 Å². The molecule has 1 amide bonds. The molecule has 1 aromatic rings. The highest BCUT2D eigenvalue weighted by atomic mass is 16.3. The Morgan fingerprint density at radius 3 is 2.82 bits per heavy atom. The summed E-state index contributed by atoms with van der Waals surface area (Å²) in [7, 11) is 0. The predicted octanol–water partition coefficient (Wildman–Crippen LogP) is 0.917. The second-order valence-electron chi connectivity index (χ2n) is 4.78. The normalized spacial score (nSPS) is 23.9. The summed E-state index contributed by atoms with van der Waals surface area (Å²) in [6.07, 6.45) is 2.63. The number of aromatic amines is 1. The fourth-order valence-electron chi connectivity index (χ4n) is 2.45. The number of amides is 1. The Morgan fingerprint density at radius 2 is 2.29 bits per heavy atom. The Hall–Kier alpha value is -1.36. The zero-order valence-electron chi connectivity index (χ0n) is 10.3. The van der Waals surface area contributed by atoms with Crippen molar-refractivity contribution in [1.29, 1.82) is 0 Å². The monoisotopic (exact) mass is 237 g/mol. The summed E-state index contributed by atoms with van der Waals surface area (Å²) in [6.45, 7) is 4.19. The minimum Gasteiger partial charge on any atom is -0.393 e. The Bertz CT molecular complexity index is 394. The fraction of sp³-hybridized carbons (Fsp3) is 0.667. The molecule has 5 nitrogen and oxygen atoms in total. The van der Waals surface area contributed by atoms with Gasteiger partial charge in [0.2, 0.25) is 0 Å². The van der Waals surface area contributed by atoms with E-state index in [2.05, 4.69) is 15.5 Å². The van der Waals surface area contributed by atoms with Crippen molar-refractivity contribution in [1.82, 2.24) is 15.5 Å². The average molecular weight is 237 g/mol. The third kappa shape index (κ3) is 2.49. The molecule has 1 aliphatic rings. The van der Waals surface area contributed by atoms with Gasteiger partial charge in [-0.25, -0.2) is 0 Å². The summed E-state index contributed by atoms with van der Waals surface area (Å²) in [4.78, 5) is 12.0. The van der Waals surface area contributed by atoms with Crippen LogP contribution in [0.25, 0.3) is 0 Å². The van der Waals surface area contributed by atoms with Gasteiger partial charge in [-0.15, -0.1) is 0 Å². The average Bonchev–Trinajstić information content (AvgIpc) is 2.83. The minimum absolute atomic E-state index is 0.104. The number of aryl methyl sites for hydroxylation is 2. The Labute approximate surface area is 101 Å². The number of hydrogen-bond donors (Lipinski definition) is 3. The van der Waals surface area contributed by atoms with Gasteiger partial charge in [0.25, 0.3) is 5.91 Å². The molecule has 1 aliphatic carbocycles. The molecule has 0 radical (unpaired) electrons. The highest BCUT2D eigenvalue weighted by molar-refractivity contribution is 5.96. The third-order valence-corrected chi connectivity index (χ3v) is 3.50. The van der Waals surface area contributed by atoms with Crippen LogP contribution in [0.4, 0.5) is 0 Å². The lowest BCUT2D eigenvalue weighted by Gasteiger charge is -2.15. The number of aromatic nitrogens is 2. The molecular weight excluding hydrogens is 218 g/mol. The lowest BCUT2D eigenvalue weighted by atomic mass is 10.1. The van der Waals surface area contributed by atoms with Crippen LogP contribution in [0.3, 0.4) is 0 Å². The molecule has 2 atom stereocenters. The van der Waals surface area contributed by atoms with Crippen LogP contribution in [0.1, 0.15) is 41.0 Å². The number of nitrogens with one attached hydrogen (secondary N) is 2. The summed E-state index contributed by atoms with van der Waals surface area (Å²) in [5.41, 5.74) is 2.12. The molecule has 17 heavy (non-hydrogen) atoms. The van der Waals surface area contributed by atoms with Crippen LogP contribution in [0.2, 0.25) is 0 Å². The van der Waals surface area contributed by atoms with Crippen LogP contribution in [0, 0.1) is 19.8 Å². The van der Waals surface area contributed by atoms with E-state index in [1.165, 1.54) is 0 Å². The van der Waals surface area contributed by atoms with E-state index >= 15 is 0 Å². The Morgan fingerprint density at radius 1 is 1.53 bits per heavy atom. The van der Waals surface area contributed by atoms with E-state index in [4.69, 9.17) is 0 Å². The molecule has 0 bridgehead atoms. The van der Waals surface area contributed by atoms with Gasteiger partial charge >= 0.3 is 0 Å². The molecule has 1 fully saturated rings. The number of carbonyl (C=O) groups excluding carboxylic acids is 1. The van der Waals surface area contributed by atoms with Gasteiger partial charge < -0.3 is 10.4 Å². The standard InChI is InChI=1S/C12H19N3O2/c1-7-11(8(2)15-14-7)12(17)13-6-9-4-3-5-10(9)16/h9-10,16H,3-6H2,1-2H3,(H,13,17)(H,14,15). The van der Waals surface area contributed by atoms with Gasteiger partial charge in [0.1, 0.15) is 0 Å². The SMILES string of the molecule is Cc1n[nH]c(C)c1C(=O)NCC1CCCC1O. The second-order valence-corrected chi connectivity index (χ2v) is 4.78. The first-order valence-corrected chi connectivity index (χ1v) is 6.07. The lowest BCUT2D eigenvalue weighted by Crippen LogP contribution is -2.32. The van der Waals surface area contributed by atoms with Crippen LogP contribution in [0.15, 0.2) is 0 Å². The largest absolute Gasteiger partial charge is 0.393 e. The molecule has 0 aromatic carbocycles. The van der Waals surface area contributed by atoms with Crippen LogP contribution >= 0.6 is 0 Å². The topological polar surface area (TPSA) is 78.0 Å². The van der Waals surface area contributed by atoms with E-state index in [9.17, 15) is 9.90 Å². The third-order valence-electron chi connectivity index (χ3n) is 3.50. The van der Waals surface area contributed by atoms with Crippen LogP contribution in [-0.2, 0) is 0 Å². The molecule has 0 spiro atoms. The smallest absolute Gasteiger partial charge is 0.255 e. The molecule has 1 heterocycles. The fourth-order valence-corrected chi connectivity index (χ4v) is 2.45. The van der Waals surface area contributed by atoms with Crippen molar-refractivity contribution >= 4 is 5.91 Å². The molecule has 0 aliphatic heterocycles. The minimum atomic E-state index is -0.262. The lowest BCUT2D eigenvalue weighted by molar-refractivity contribution is 0.0915. The number of hydrogen-bond acceptors (Lipinski definition) is 3. The van der Waals surface area contributed by atoms with Crippen LogP contribution in [-0.4, -0.2) is 33.9 Å². The maximum atomic E-state index is 12.0. The van der Waals surface area contributed by atoms with Gasteiger partial charge in [0.15, 0.2) is 0 Å². The molecule has 0 saturated heterocycles. The van der Waals surface area contributed by atoms with Crippen molar-refractivity contribution < 1.29 is 9.90 Å². The van der Waals surface area contributed by atoms with Gasteiger partial charge in [0.05, 0.1) is 17.4 Å². The number of carbonyl (C=O) groups is 1. The van der Waals surface area contributed by atoms with E-state index in [1.807, 2.05) is 13.8 Å². The number of rotatable bonds is 3. The molecule has 3 N–H and O–H groups in total. The van der Waals surface area contributed by atoms with Crippen LogP contribution < -0.4 is 5.32 Å². The Balaban J connectivity index is 1.94. The van der Waals surface area contributed by atoms with E-state index in [0.29, 0.717) is 17.8 Å². The van der Waals surface area contributed by atoms with Gasteiger partial charge in [-0.2, -0.15) is 5.10 Å². The molecule has 94 valence electrons. The van der Waals surface area contributed by atoms with E-state index in [1.54, 1.807) is 0 Å². The van der Waals surface area contributed by atoms with Crippen molar-refractivity contribution in [2.24, 2.45) is 5.92 Å². The van der Waals surface area contributed by atoms with Gasteiger partial charge in [-0.05, 0) is 26.7 Å². The molecular formula is C12H19N3O2. The maximum Gasteiger partial charge on any atom is 0.255 e. The molecule has 2 rings (SSSR count). The summed E-state index contributed by atoms with van der Waals surface area (Å²) in [5, 5.41) is 19.3. The summed E-state index contributed by atoms with van der Waals surface area (Å²) in [6, 6.07) is 0. The van der Waals surface area contributed by atoms with Crippen molar-refractivity contribution in [3.05, 3.63) is 17.0 Å². The molecule has 1 saturated carbocycles. The Kier molecular flexibility index (Phi) is 3.47. The predicted molar refractivity (Wildman–Crippen MR) is 63.7 cm³/mol. The second kappa shape index (κ2) is 4.87. The molecule has 2 unspecified atom stereocenters. The van der Waals surface area contributed by atoms with Crippen molar-refractivity contribution in [3.8, 4) is 0 Å². The number of aliphatic hydroxyl groups excluding tert-OH is 1. The zero-order chi connectivity index (χ0) is 12.4. The van der Waals surface area contributed by atoms with Crippen molar-refractivity contribution in [2.45, 2.75) is 39.2 Å². The van der Waals surface area contributed by atoms with Crippen molar-refractivity contribution in [2.75, 3.05) is 6.54 Å². The first-order valence-electron chi connectivity index (χ1n) is 6.07. The summed E-state index contributed by atoms with van der Waals surface area (Å²) >= 11 is 0. The highest BCUT2D eigenvalue weighted by Crippen LogP contribution is 2.24. The quantitative estimate of drug-likeness (QED) is 0.731. The van der Waals surface area contributed by atoms with Gasteiger partial charge in [0, 0.05) is 18.2 Å². The molecule has 5 heteroatoms. The molecule has 1 aromatic heterocycles. The number of aliphatic hydroxyl groups is 1. The first kappa shape index (κ1) is 12.1. The zero-order valence-corrected chi connectivity index (χ0v) is 10.3. The number of H-pyrrole nitrogens is 1. The van der Waals surface area contributed by atoms with Crippen molar-refractivity contribution in [3.63, 3.8) is 0 Å². The van der Waals surface area contributed by atoms with Gasteiger partial charge in [-0.1, -0.05) is 6.42 Å². The number of nitrogens with zero attached hydrogens (tertiary/aromatic N) is 1. The summed E-state index contributed by atoms with van der Waals surface area (Å²) < 4.78 is 0. The van der Waals surface area contributed by atoms with E-state index < -0.39 is 0 Å². The highest BCUT2D eigenvalue weighted by Gasteiger charge is 2.26. The van der Waals surface area contributed by atoms with E-state index in [0.717, 1.165) is 25.0 Å². The first-order chi connectivity index (χ1) is 8.09.